The molecule has 1 aromatic carbocycles. The first-order chi connectivity index (χ1) is 8.56. The van der Waals surface area contributed by atoms with Crippen LogP contribution in [0.3, 0.4) is 0 Å². The van der Waals surface area contributed by atoms with Crippen LogP contribution in [0.1, 0.15) is 21.9 Å². The van der Waals surface area contributed by atoms with Crippen LogP contribution >= 0.6 is 11.6 Å². The van der Waals surface area contributed by atoms with Crippen LogP contribution in [0.25, 0.3) is 0 Å². The zero-order valence-electron chi connectivity index (χ0n) is 9.74. The first kappa shape index (κ1) is 12.5. The van der Waals surface area contributed by atoms with Gasteiger partial charge in [-0.3, -0.25) is 0 Å². The molecule has 2 aromatic rings. The van der Waals surface area contributed by atoms with Gasteiger partial charge in [0.2, 0.25) is 5.76 Å². The summed E-state index contributed by atoms with van der Waals surface area (Å²) in [7, 11) is 0. The van der Waals surface area contributed by atoms with E-state index in [4.69, 9.17) is 21.1 Å². The second kappa shape index (κ2) is 5.14. The predicted octanol–water partition coefficient (Wildman–Crippen LogP) is 3.55. The monoisotopic (exact) mass is 265 g/mol. The van der Waals surface area contributed by atoms with Crippen LogP contribution in [0.2, 0.25) is 5.02 Å². The molecule has 0 saturated carbocycles. The maximum Gasteiger partial charge on any atom is 0.371 e. The van der Waals surface area contributed by atoms with E-state index in [0.717, 1.165) is 11.3 Å². The minimum absolute atomic E-state index is 0.0614. The van der Waals surface area contributed by atoms with E-state index >= 15 is 0 Å². The van der Waals surface area contributed by atoms with Gasteiger partial charge in [-0.05, 0) is 36.8 Å². The fourth-order valence-corrected chi connectivity index (χ4v) is 1.66. The van der Waals surface area contributed by atoms with Gasteiger partial charge in [0.05, 0.1) is 6.54 Å². The summed E-state index contributed by atoms with van der Waals surface area (Å²) in [5.41, 5.74) is 1.87. The van der Waals surface area contributed by atoms with Gasteiger partial charge in [-0.1, -0.05) is 17.7 Å². The van der Waals surface area contributed by atoms with Crippen LogP contribution in [0.4, 0.5) is 5.69 Å². The predicted molar refractivity (Wildman–Crippen MR) is 69.2 cm³/mol. The maximum atomic E-state index is 10.6. The molecule has 4 nitrogen and oxygen atoms in total. The molecule has 1 aromatic heterocycles. The molecule has 2 rings (SSSR count). The third-order valence-corrected chi connectivity index (χ3v) is 2.92. The van der Waals surface area contributed by atoms with Gasteiger partial charge in [-0.25, -0.2) is 4.79 Å². The van der Waals surface area contributed by atoms with E-state index < -0.39 is 5.97 Å². The third-order valence-electron chi connectivity index (χ3n) is 2.51. The number of aromatic carboxylic acids is 1. The Bertz CT molecular complexity index is 577. The molecule has 0 fully saturated rings. The Morgan fingerprint density at radius 1 is 1.39 bits per heavy atom. The maximum absolute atomic E-state index is 10.6. The first-order valence-electron chi connectivity index (χ1n) is 5.38. The number of halogens is 1. The van der Waals surface area contributed by atoms with Crippen molar-refractivity contribution in [3.8, 4) is 0 Å². The summed E-state index contributed by atoms with van der Waals surface area (Å²) in [6, 6.07) is 8.70. The average Bonchev–Trinajstić information content (AvgIpc) is 2.79. The van der Waals surface area contributed by atoms with E-state index in [2.05, 4.69) is 5.32 Å². The molecule has 0 aliphatic carbocycles. The molecule has 0 spiro atoms. The van der Waals surface area contributed by atoms with Gasteiger partial charge in [0.25, 0.3) is 0 Å². The first-order valence-corrected chi connectivity index (χ1v) is 5.76. The number of furan rings is 1. The highest BCUT2D eigenvalue weighted by Crippen LogP contribution is 2.20. The molecule has 0 saturated heterocycles. The van der Waals surface area contributed by atoms with Crippen molar-refractivity contribution in [2.45, 2.75) is 13.5 Å². The number of aryl methyl sites for hydroxylation is 1. The van der Waals surface area contributed by atoms with Crippen LogP contribution in [-0.4, -0.2) is 11.1 Å². The normalized spacial score (nSPS) is 10.3. The molecule has 0 aliphatic heterocycles. The number of rotatable bonds is 4. The molecule has 18 heavy (non-hydrogen) atoms. The van der Waals surface area contributed by atoms with Crippen molar-refractivity contribution in [3.63, 3.8) is 0 Å². The molecule has 2 N–H and O–H groups in total. The average molecular weight is 266 g/mol. The number of carboxylic acids is 1. The highest BCUT2D eigenvalue weighted by molar-refractivity contribution is 6.31. The molecule has 0 unspecified atom stereocenters. The minimum Gasteiger partial charge on any atom is -0.475 e. The van der Waals surface area contributed by atoms with Crippen LogP contribution in [-0.2, 0) is 6.54 Å². The number of benzene rings is 1. The van der Waals surface area contributed by atoms with Crippen molar-refractivity contribution in [2.24, 2.45) is 0 Å². The van der Waals surface area contributed by atoms with Gasteiger partial charge in [0.1, 0.15) is 5.76 Å². The van der Waals surface area contributed by atoms with Crippen molar-refractivity contribution < 1.29 is 14.3 Å². The van der Waals surface area contributed by atoms with Crippen LogP contribution < -0.4 is 5.32 Å². The van der Waals surface area contributed by atoms with Crippen molar-refractivity contribution in [3.05, 3.63) is 52.4 Å². The van der Waals surface area contributed by atoms with Gasteiger partial charge in [-0.15, -0.1) is 0 Å². The van der Waals surface area contributed by atoms with Crippen molar-refractivity contribution in [1.82, 2.24) is 0 Å². The summed E-state index contributed by atoms with van der Waals surface area (Å²) in [6.07, 6.45) is 0. The summed E-state index contributed by atoms with van der Waals surface area (Å²) in [4.78, 5) is 10.6. The molecule has 0 amide bonds. The Morgan fingerprint density at radius 2 is 2.17 bits per heavy atom. The molecule has 94 valence electrons. The Hall–Kier alpha value is -1.94. The summed E-state index contributed by atoms with van der Waals surface area (Å²) in [5.74, 6) is -0.572. The van der Waals surface area contributed by atoms with Crippen molar-refractivity contribution >= 4 is 23.3 Å². The molecule has 1 heterocycles. The fourth-order valence-electron chi connectivity index (χ4n) is 1.48. The van der Waals surface area contributed by atoms with Crippen LogP contribution in [0.15, 0.2) is 34.7 Å². The number of nitrogens with one attached hydrogen (secondary N) is 1. The van der Waals surface area contributed by atoms with E-state index in [0.29, 0.717) is 17.3 Å². The molecule has 5 heteroatoms. The van der Waals surface area contributed by atoms with Crippen molar-refractivity contribution in [2.75, 3.05) is 5.32 Å². The lowest BCUT2D eigenvalue weighted by Crippen LogP contribution is -1.98. The largest absolute Gasteiger partial charge is 0.475 e. The van der Waals surface area contributed by atoms with E-state index in [9.17, 15) is 4.79 Å². The van der Waals surface area contributed by atoms with Crippen LogP contribution in [0.5, 0.6) is 0 Å². The lowest BCUT2D eigenvalue weighted by atomic mass is 10.2. The molecule has 0 aliphatic rings. The smallest absolute Gasteiger partial charge is 0.371 e. The topological polar surface area (TPSA) is 62.5 Å². The zero-order chi connectivity index (χ0) is 13.1. The van der Waals surface area contributed by atoms with Gasteiger partial charge in [0, 0.05) is 10.7 Å². The lowest BCUT2D eigenvalue weighted by Gasteiger charge is -2.06. The molecular weight excluding hydrogens is 254 g/mol. The minimum atomic E-state index is -1.07. The summed E-state index contributed by atoms with van der Waals surface area (Å²) < 4.78 is 5.13. The van der Waals surface area contributed by atoms with Gasteiger partial charge in [-0.2, -0.15) is 0 Å². The number of anilines is 1. The van der Waals surface area contributed by atoms with E-state index in [1.807, 2.05) is 25.1 Å². The summed E-state index contributed by atoms with van der Waals surface area (Å²) in [5, 5.41) is 12.5. The summed E-state index contributed by atoms with van der Waals surface area (Å²) >= 11 is 6.00. The van der Waals surface area contributed by atoms with Gasteiger partial charge >= 0.3 is 5.97 Å². The zero-order valence-corrected chi connectivity index (χ0v) is 10.5. The fraction of sp³-hybridized carbons (Fsp3) is 0.154. The van der Waals surface area contributed by atoms with E-state index in [1.165, 1.54) is 6.07 Å². The lowest BCUT2D eigenvalue weighted by molar-refractivity contribution is 0.0660. The second-order valence-electron chi connectivity index (χ2n) is 3.89. The Morgan fingerprint density at radius 3 is 2.78 bits per heavy atom. The van der Waals surface area contributed by atoms with E-state index in [-0.39, 0.29) is 5.76 Å². The Balaban J connectivity index is 2.02. The number of hydrogen-bond acceptors (Lipinski definition) is 3. The van der Waals surface area contributed by atoms with Gasteiger partial charge < -0.3 is 14.8 Å². The molecule has 0 atom stereocenters. The molecular formula is C13H12ClNO3. The third kappa shape index (κ3) is 2.84. The highest BCUT2D eigenvalue weighted by Gasteiger charge is 2.08. The molecule has 0 bridgehead atoms. The van der Waals surface area contributed by atoms with Crippen molar-refractivity contribution in [1.29, 1.82) is 0 Å². The Kier molecular flexibility index (Phi) is 3.58. The number of carbonyl (C=O) groups is 1. The quantitative estimate of drug-likeness (QED) is 0.887. The number of carboxylic acid groups (broad SMARTS) is 1. The Labute approximate surface area is 109 Å². The summed E-state index contributed by atoms with van der Waals surface area (Å²) in [6.45, 7) is 2.34. The SMILES string of the molecule is Cc1ccc(NCc2ccc(C(=O)O)o2)cc1Cl. The highest BCUT2D eigenvalue weighted by atomic mass is 35.5. The molecule has 0 radical (unpaired) electrons. The standard InChI is InChI=1S/C13H12ClNO3/c1-8-2-3-9(6-11(8)14)15-7-10-4-5-12(18-10)13(16)17/h2-6,15H,7H2,1H3,(H,16,17). The second-order valence-corrected chi connectivity index (χ2v) is 4.30. The van der Waals surface area contributed by atoms with Crippen LogP contribution in [0, 0.1) is 6.92 Å². The van der Waals surface area contributed by atoms with E-state index in [1.54, 1.807) is 6.07 Å². The van der Waals surface area contributed by atoms with Gasteiger partial charge in [0.15, 0.2) is 0 Å². The number of hydrogen-bond donors (Lipinski definition) is 2.